The van der Waals surface area contributed by atoms with Gasteiger partial charge in [0.15, 0.2) is 11.3 Å². The van der Waals surface area contributed by atoms with Crippen molar-refractivity contribution < 1.29 is 23.7 Å². The molecule has 4 atom stereocenters. The van der Waals surface area contributed by atoms with Gasteiger partial charge in [-0.25, -0.2) is 9.79 Å². The van der Waals surface area contributed by atoms with E-state index in [1.807, 2.05) is 56.3 Å². The topological polar surface area (TPSA) is 66.3 Å². The molecule has 0 aliphatic carbocycles. The van der Waals surface area contributed by atoms with Gasteiger partial charge in [0.1, 0.15) is 18.3 Å². The highest BCUT2D eigenvalue weighted by Crippen LogP contribution is 2.35. The van der Waals surface area contributed by atoms with E-state index in [2.05, 4.69) is 4.99 Å². The Morgan fingerprint density at radius 3 is 2.64 bits per heavy atom. The SMILES string of the molecule is CC1(C)OC[C@H]2O[C@@H](C3(C)N=C(c4ccccc4)OC3=O)C=C[C@@H]2O1. The molecular weight excluding hydrogens is 322 g/mol. The number of hydrogen-bond acceptors (Lipinski definition) is 6. The Morgan fingerprint density at radius 2 is 1.88 bits per heavy atom. The first-order valence-electron chi connectivity index (χ1n) is 8.40. The molecule has 0 N–H and O–H groups in total. The average Bonchev–Trinajstić information content (AvgIpc) is 2.91. The van der Waals surface area contributed by atoms with Crippen molar-refractivity contribution in [1.29, 1.82) is 0 Å². The Bertz CT molecular complexity index is 741. The Kier molecular flexibility index (Phi) is 3.79. The molecule has 6 nitrogen and oxygen atoms in total. The normalized spacial score (nSPS) is 36.5. The number of nitrogens with zero attached hydrogens (tertiary/aromatic N) is 1. The molecule has 0 spiro atoms. The first-order chi connectivity index (χ1) is 11.9. The first-order valence-corrected chi connectivity index (χ1v) is 8.40. The molecular formula is C19H21NO5. The van der Waals surface area contributed by atoms with Crippen molar-refractivity contribution in [3.05, 3.63) is 48.0 Å². The van der Waals surface area contributed by atoms with Crippen LogP contribution in [0.1, 0.15) is 26.3 Å². The molecule has 0 radical (unpaired) electrons. The maximum atomic E-state index is 12.5. The number of hydrogen-bond donors (Lipinski definition) is 0. The Hall–Kier alpha value is -2.02. The summed E-state index contributed by atoms with van der Waals surface area (Å²) in [6, 6.07) is 9.37. The van der Waals surface area contributed by atoms with E-state index in [0.717, 1.165) is 5.56 Å². The number of carbonyl (C=O) groups is 1. The van der Waals surface area contributed by atoms with Gasteiger partial charge in [-0.3, -0.25) is 0 Å². The van der Waals surface area contributed by atoms with Gasteiger partial charge in [-0.1, -0.05) is 30.4 Å². The molecule has 1 unspecified atom stereocenters. The lowest BCUT2D eigenvalue weighted by Crippen LogP contribution is -2.55. The number of ether oxygens (including phenoxy) is 4. The highest BCUT2D eigenvalue weighted by atomic mass is 16.7. The monoisotopic (exact) mass is 343 g/mol. The molecule has 0 amide bonds. The predicted molar refractivity (Wildman–Crippen MR) is 90.2 cm³/mol. The number of fused-ring (bicyclic) bond motifs is 1. The van der Waals surface area contributed by atoms with Crippen LogP contribution in [-0.2, 0) is 23.7 Å². The lowest BCUT2D eigenvalue weighted by atomic mass is 9.92. The van der Waals surface area contributed by atoms with E-state index in [4.69, 9.17) is 18.9 Å². The highest BCUT2D eigenvalue weighted by molar-refractivity contribution is 6.08. The third-order valence-corrected chi connectivity index (χ3v) is 4.69. The second-order valence-electron chi connectivity index (χ2n) is 7.09. The third kappa shape index (κ3) is 2.90. The van der Waals surface area contributed by atoms with Crippen LogP contribution in [0.4, 0.5) is 0 Å². The van der Waals surface area contributed by atoms with Crippen LogP contribution in [0.3, 0.4) is 0 Å². The van der Waals surface area contributed by atoms with Crippen molar-refractivity contribution in [1.82, 2.24) is 0 Å². The van der Waals surface area contributed by atoms with Crippen molar-refractivity contribution in [3.8, 4) is 0 Å². The number of benzene rings is 1. The smallest absolute Gasteiger partial charge is 0.343 e. The zero-order valence-electron chi connectivity index (χ0n) is 14.5. The predicted octanol–water partition coefficient (Wildman–Crippen LogP) is 2.22. The zero-order valence-corrected chi connectivity index (χ0v) is 14.5. The maximum absolute atomic E-state index is 12.5. The van der Waals surface area contributed by atoms with Gasteiger partial charge in [0.2, 0.25) is 5.90 Å². The van der Waals surface area contributed by atoms with Crippen molar-refractivity contribution in [2.45, 2.75) is 50.4 Å². The minimum Gasteiger partial charge on any atom is -0.405 e. The fraction of sp³-hybridized carbons (Fsp3) is 0.474. The molecule has 25 heavy (non-hydrogen) atoms. The molecule has 0 aromatic heterocycles. The van der Waals surface area contributed by atoms with Crippen molar-refractivity contribution in [2.75, 3.05) is 6.61 Å². The van der Waals surface area contributed by atoms with Gasteiger partial charge in [-0.05, 0) is 32.9 Å². The van der Waals surface area contributed by atoms with Crippen LogP contribution >= 0.6 is 0 Å². The van der Waals surface area contributed by atoms with Crippen molar-refractivity contribution in [3.63, 3.8) is 0 Å². The van der Waals surface area contributed by atoms with Gasteiger partial charge in [0.25, 0.3) is 0 Å². The molecule has 3 aliphatic heterocycles. The Labute approximate surface area is 146 Å². The van der Waals surface area contributed by atoms with Crippen LogP contribution < -0.4 is 0 Å². The minimum absolute atomic E-state index is 0.196. The fourth-order valence-corrected chi connectivity index (χ4v) is 3.21. The summed E-state index contributed by atoms with van der Waals surface area (Å²) in [6.07, 6.45) is 2.76. The van der Waals surface area contributed by atoms with E-state index in [1.54, 1.807) is 6.92 Å². The molecule has 3 aliphatic rings. The first kappa shape index (κ1) is 16.4. The number of cyclic esters (lactones) is 1. The molecule has 1 saturated heterocycles. The number of esters is 1. The highest BCUT2D eigenvalue weighted by Gasteiger charge is 2.51. The standard InChI is InChI=1S/C19H21NO5/c1-18(2)22-11-14-13(25-18)9-10-15(23-14)19(3)17(21)24-16(20-19)12-7-5-4-6-8-12/h4-10,13-15H,11H2,1-3H3/t13-,14+,15+,19?/m0/s1. The summed E-state index contributed by atoms with van der Waals surface area (Å²) in [5.41, 5.74) is -0.358. The molecule has 1 fully saturated rings. The summed E-state index contributed by atoms with van der Waals surface area (Å²) >= 11 is 0. The molecule has 4 rings (SSSR count). The molecule has 1 aromatic rings. The quantitative estimate of drug-likeness (QED) is 0.608. The van der Waals surface area contributed by atoms with Crippen LogP contribution in [0, 0.1) is 0 Å². The lowest BCUT2D eigenvalue weighted by Gasteiger charge is -2.44. The average molecular weight is 343 g/mol. The fourth-order valence-electron chi connectivity index (χ4n) is 3.21. The van der Waals surface area contributed by atoms with Crippen LogP contribution in [-0.4, -0.2) is 48.1 Å². The van der Waals surface area contributed by atoms with Crippen LogP contribution in [0.5, 0.6) is 0 Å². The Balaban J connectivity index is 1.59. The van der Waals surface area contributed by atoms with E-state index >= 15 is 0 Å². The van der Waals surface area contributed by atoms with Gasteiger partial charge < -0.3 is 18.9 Å². The van der Waals surface area contributed by atoms with Crippen LogP contribution in [0.25, 0.3) is 0 Å². The van der Waals surface area contributed by atoms with E-state index in [9.17, 15) is 4.79 Å². The van der Waals surface area contributed by atoms with Crippen molar-refractivity contribution in [2.24, 2.45) is 4.99 Å². The molecule has 6 heteroatoms. The second-order valence-corrected chi connectivity index (χ2v) is 7.09. The van der Waals surface area contributed by atoms with E-state index in [0.29, 0.717) is 12.5 Å². The zero-order chi connectivity index (χ0) is 17.7. The van der Waals surface area contributed by atoms with Gasteiger partial charge in [0, 0.05) is 5.56 Å². The lowest BCUT2D eigenvalue weighted by molar-refractivity contribution is -0.307. The van der Waals surface area contributed by atoms with Gasteiger partial charge in [-0.15, -0.1) is 0 Å². The summed E-state index contributed by atoms with van der Waals surface area (Å²) in [6.45, 7) is 5.87. The molecule has 0 saturated carbocycles. The molecule has 1 aromatic carbocycles. The summed E-state index contributed by atoms with van der Waals surface area (Å²) < 4.78 is 23.0. The summed E-state index contributed by atoms with van der Waals surface area (Å²) in [7, 11) is 0. The largest absolute Gasteiger partial charge is 0.405 e. The summed E-state index contributed by atoms with van der Waals surface area (Å²) in [4.78, 5) is 17.1. The van der Waals surface area contributed by atoms with Gasteiger partial charge in [-0.2, -0.15) is 0 Å². The molecule has 3 heterocycles. The van der Waals surface area contributed by atoms with Gasteiger partial charge in [0.05, 0.1) is 6.61 Å². The summed E-state index contributed by atoms with van der Waals surface area (Å²) in [5, 5.41) is 0. The molecule has 132 valence electrons. The van der Waals surface area contributed by atoms with Crippen molar-refractivity contribution >= 4 is 11.9 Å². The minimum atomic E-state index is -1.13. The summed E-state index contributed by atoms with van der Waals surface area (Å²) in [5.74, 6) is -0.738. The number of carbonyl (C=O) groups excluding carboxylic acids is 1. The second kappa shape index (κ2) is 5.76. The van der Waals surface area contributed by atoms with Gasteiger partial charge >= 0.3 is 5.97 Å². The van der Waals surface area contributed by atoms with Crippen LogP contribution in [0.2, 0.25) is 0 Å². The van der Waals surface area contributed by atoms with E-state index in [1.165, 1.54) is 0 Å². The van der Waals surface area contributed by atoms with E-state index < -0.39 is 23.4 Å². The Morgan fingerprint density at radius 1 is 1.12 bits per heavy atom. The van der Waals surface area contributed by atoms with E-state index in [-0.39, 0.29) is 12.2 Å². The number of rotatable bonds is 2. The molecule has 0 bridgehead atoms. The number of aliphatic imine (C=N–C) groups is 1. The van der Waals surface area contributed by atoms with Crippen LogP contribution in [0.15, 0.2) is 47.5 Å². The third-order valence-electron chi connectivity index (χ3n) is 4.69. The maximum Gasteiger partial charge on any atom is 0.343 e.